The number of carbonyl (C=O) groups excluding carboxylic acids is 1. The minimum atomic E-state index is -4.93. The van der Waals surface area contributed by atoms with E-state index in [1.807, 2.05) is 0 Å². The van der Waals surface area contributed by atoms with Gasteiger partial charge in [-0.05, 0) is 72.4 Å². The molecule has 0 saturated heterocycles. The highest BCUT2D eigenvalue weighted by atomic mass is 35.5. The Balaban J connectivity index is 1.43. The predicted molar refractivity (Wildman–Crippen MR) is 176 cm³/mol. The second-order valence-corrected chi connectivity index (χ2v) is 12.3. The second-order valence-electron chi connectivity index (χ2n) is 11.9. The van der Waals surface area contributed by atoms with Gasteiger partial charge in [-0.3, -0.25) is 4.98 Å². The zero-order chi connectivity index (χ0) is 36.6. The van der Waals surface area contributed by atoms with E-state index in [9.17, 15) is 27.2 Å². The number of aromatic nitrogens is 1. The van der Waals surface area contributed by atoms with Crippen molar-refractivity contribution in [2.45, 2.75) is 62.5 Å². The molecule has 0 radical (unpaired) electrons. The molecule has 3 atom stereocenters. The Bertz CT molecular complexity index is 1790. The van der Waals surface area contributed by atoms with Gasteiger partial charge < -0.3 is 30.0 Å². The average molecular weight is 734 g/mol. The Kier molecular flexibility index (Phi) is 12.0. The van der Waals surface area contributed by atoms with Crippen molar-refractivity contribution in [2.75, 3.05) is 6.61 Å². The minimum Gasteiger partial charge on any atom is -0.482 e. The summed E-state index contributed by atoms with van der Waals surface area (Å²) in [5.74, 6) is -2.70. The molecule has 51 heavy (non-hydrogen) atoms. The number of rotatable bonds is 15. The number of carboxylic acids is 1. The number of nitrogens with zero attached hydrogens (tertiary/aromatic N) is 1. The molecule has 1 saturated carbocycles. The van der Waals surface area contributed by atoms with E-state index < -0.39 is 60.4 Å². The highest BCUT2D eigenvalue weighted by Crippen LogP contribution is 2.37. The van der Waals surface area contributed by atoms with E-state index in [1.54, 1.807) is 54.6 Å². The van der Waals surface area contributed by atoms with Crippen LogP contribution in [0.15, 0.2) is 91.1 Å². The first-order valence-electron chi connectivity index (χ1n) is 15.8. The molecule has 2 unspecified atom stereocenters. The SMILES string of the molecule is O=C(O)COc1ccc(COC2CCCC2NC(=O)N[C@@](Cc2ccccc2)(c2cc(F)cc(OC(F)(F)C(F)F)c2)c2ccc(Cl)cn2)cc1. The molecule has 9 nitrogen and oxygen atoms in total. The van der Waals surface area contributed by atoms with Crippen molar-refractivity contribution in [3.63, 3.8) is 0 Å². The highest BCUT2D eigenvalue weighted by Gasteiger charge is 2.45. The van der Waals surface area contributed by atoms with Gasteiger partial charge in [0.15, 0.2) is 6.61 Å². The number of hydrogen-bond acceptors (Lipinski definition) is 6. The topological polar surface area (TPSA) is 119 Å². The fraction of sp³-hybridized carbons (Fsp3) is 0.306. The molecule has 0 spiro atoms. The summed E-state index contributed by atoms with van der Waals surface area (Å²) in [7, 11) is 0. The van der Waals surface area contributed by atoms with Gasteiger partial charge in [0, 0.05) is 18.7 Å². The number of pyridine rings is 1. The Morgan fingerprint density at radius 3 is 2.37 bits per heavy atom. The van der Waals surface area contributed by atoms with E-state index in [2.05, 4.69) is 20.4 Å². The third-order valence-corrected chi connectivity index (χ3v) is 8.42. The smallest absolute Gasteiger partial charge is 0.461 e. The van der Waals surface area contributed by atoms with Gasteiger partial charge in [-0.1, -0.05) is 54.1 Å². The summed E-state index contributed by atoms with van der Waals surface area (Å²) in [5, 5.41) is 14.9. The highest BCUT2D eigenvalue weighted by molar-refractivity contribution is 6.30. The summed E-state index contributed by atoms with van der Waals surface area (Å²) in [6.45, 7) is -0.289. The number of ether oxygens (including phenoxy) is 3. The summed E-state index contributed by atoms with van der Waals surface area (Å²) in [6.07, 6.45) is -6.39. The lowest BCUT2D eigenvalue weighted by molar-refractivity contribution is -0.253. The molecule has 1 fully saturated rings. The molecule has 5 rings (SSSR count). The lowest BCUT2D eigenvalue weighted by Gasteiger charge is -2.36. The Morgan fingerprint density at radius 1 is 0.961 bits per heavy atom. The number of urea groups is 1. The molecule has 4 aromatic rings. The Morgan fingerprint density at radius 2 is 1.71 bits per heavy atom. The summed E-state index contributed by atoms with van der Waals surface area (Å²) in [6, 6.07) is 19.6. The molecule has 270 valence electrons. The number of hydrogen-bond donors (Lipinski definition) is 3. The van der Waals surface area contributed by atoms with Gasteiger partial charge in [0.05, 0.1) is 29.5 Å². The first kappa shape index (κ1) is 37.3. The number of nitrogens with one attached hydrogen (secondary N) is 2. The van der Waals surface area contributed by atoms with Gasteiger partial charge in [-0.25, -0.2) is 14.0 Å². The molecule has 1 heterocycles. The molecule has 1 aliphatic rings. The maximum Gasteiger partial charge on any atom is 0.461 e. The number of amides is 2. The molecule has 1 aliphatic carbocycles. The van der Waals surface area contributed by atoms with Gasteiger partial charge in [-0.2, -0.15) is 17.6 Å². The van der Waals surface area contributed by atoms with Crippen molar-refractivity contribution in [1.29, 1.82) is 0 Å². The third kappa shape index (κ3) is 9.85. The lowest BCUT2D eigenvalue weighted by Crippen LogP contribution is -2.55. The molecule has 0 aliphatic heterocycles. The van der Waals surface area contributed by atoms with Crippen LogP contribution < -0.4 is 20.1 Å². The molecule has 1 aromatic heterocycles. The van der Waals surface area contributed by atoms with Gasteiger partial charge in [-0.15, -0.1) is 0 Å². The average Bonchev–Trinajstić information content (AvgIpc) is 3.53. The van der Waals surface area contributed by atoms with Crippen molar-refractivity contribution in [3.05, 3.63) is 124 Å². The number of carbonyl (C=O) groups is 2. The first-order chi connectivity index (χ1) is 24.3. The van der Waals surface area contributed by atoms with Crippen molar-refractivity contribution in [2.24, 2.45) is 0 Å². The van der Waals surface area contributed by atoms with Gasteiger partial charge in [0.1, 0.15) is 22.9 Å². The fourth-order valence-electron chi connectivity index (χ4n) is 5.84. The zero-order valence-electron chi connectivity index (χ0n) is 26.8. The standard InChI is InChI=1S/C36H33ClF5N3O6/c37-25-11-14-31(43-19-25)35(18-22-5-2-1-3-6-22,24-15-26(38)17-28(16-24)51-36(41,42)33(39)40)45-34(48)44-29-7-4-8-30(29)50-20-23-9-12-27(13-10-23)49-21-32(46)47/h1-3,5-6,9-17,19,29-30,33H,4,7-8,18,20-21H2,(H,46,47)(H2,44,45,48)/t29?,30?,35-/m0/s1. The summed E-state index contributed by atoms with van der Waals surface area (Å²) in [5.41, 5.74) is -0.342. The van der Waals surface area contributed by atoms with Crippen molar-refractivity contribution < 1.29 is 50.9 Å². The van der Waals surface area contributed by atoms with Crippen molar-refractivity contribution in [1.82, 2.24) is 15.6 Å². The van der Waals surface area contributed by atoms with Crippen molar-refractivity contribution in [3.8, 4) is 11.5 Å². The number of benzene rings is 3. The van der Waals surface area contributed by atoms with Crippen LogP contribution in [0, 0.1) is 5.82 Å². The van der Waals surface area contributed by atoms with Gasteiger partial charge >= 0.3 is 24.5 Å². The van der Waals surface area contributed by atoms with Crippen molar-refractivity contribution >= 4 is 23.6 Å². The zero-order valence-corrected chi connectivity index (χ0v) is 27.6. The van der Waals surface area contributed by atoms with E-state index >= 15 is 4.39 Å². The monoisotopic (exact) mass is 733 g/mol. The molecular weight excluding hydrogens is 701 g/mol. The van der Waals surface area contributed by atoms with E-state index in [1.165, 1.54) is 18.3 Å². The quantitative estimate of drug-likeness (QED) is 0.108. The number of alkyl halides is 4. The summed E-state index contributed by atoms with van der Waals surface area (Å²) < 4.78 is 84.8. The molecule has 2 amide bonds. The van der Waals surface area contributed by atoms with Crippen LogP contribution >= 0.6 is 11.6 Å². The maximum atomic E-state index is 15.2. The van der Waals surface area contributed by atoms with Gasteiger partial charge in [0.2, 0.25) is 0 Å². The lowest BCUT2D eigenvalue weighted by atomic mass is 9.80. The van der Waals surface area contributed by atoms with Crippen LogP contribution in [0.25, 0.3) is 0 Å². The van der Waals surface area contributed by atoms with E-state index in [0.717, 1.165) is 24.1 Å². The third-order valence-electron chi connectivity index (χ3n) is 8.19. The number of halogens is 6. The normalized spacial score (nSPS) is 17.1. The van der Waals surface area contributed by atoms with Crippen LogP contribution in [0.5, 0.6) is 11.5 Å². The van der Waals surface area contributed by atoms with Crippen LogP contribution in [0.3, 0.4) is 0 Å². The molecule has 15 heteroatoms. The summed E-state index contributed by atoms with van der Waals surface area (Å²) in [4.78, 5) is 29.1. The Labute approximate surface area is 294 Å². The minimum absolute atomic E-state index is 0.0825. The number of aliphatic carboxylic acids is 1. The van der Waals surface area contributed by atoms with Crippen LogP contribution in [0.4, 0.5) is 26.7 Å². The largest absolute Gasteiger partial charge is 0.482 e. The fourth-order valence-corrected chi connectivity index (χ4v) is 5.95. The first-order valence-corrected chi connectivity index (χ1v) is 16.2. The second kappa shape index (κ2) is 16.4. The van der Waals surface area contributed by atoms with Crippen LogP contribution in [-0.4, -0.2) is 53.4 Å². The van der Waals surface area contributed by atoms with E-state index in [4.69, 9.17) is 26.2 Å². The molecular formula is C36H33ClF5N3O6. The number of carboxylic acid groups (broad SMARTS) is 1. The Hall–Kier alpha value is -4.95. The van der Waals surface area contributed by atoms with E-state index in [0.29, 0.717) is 30.2 Å². The molecule has 3 N–H and O–H groups in total. The summed E-state index contributed by atoms with van der Waals surface area (Å²) >= 11 is 6.12. The molecule has 0 bridgehead atoms. The maximum absolute atomic E-state index is 15.2. The van der Waals surface area contributed by atoms with Crippen LogP contribution in [0.1, 0.15) is 41.6 Å². The van der Waals surface area contributed by atoms with Gasteiger partial charge in [0.25, 0.3) is 0 Å². The van der Waals surface area contributed by atoms with Crippen LogP contribution in [-0.2, 0) is 28.1 Å². The van der Waals surface area contributed by atoms with Crippen LogP contribution in [0.2, 0.25) is 5.02 Å². The molecule has 3 aromatic carbocycles. The predicted octanol–water partition coefficient (Wildman–Crippen LogP) is 7.50. The van der Waals surface area contributed by atoms with E-state index in [-0.39, 0.29) is 29.3 Å².